The van der Waals surface area contributed by atoms with Gasteiger partial charge in [0.25, 0.3) is 0 Å². The summed E-state index contributed by atoms with van der Waals surface area (Å²) in [5.74, 6) is 2.86. The van der Waals surface area contributed by atoms with Crippen LogP contribution in [0.25, 0.3) is 0 Å². The second-order valence-electron chi connectivity index (χ2n) is 4.61. The van der Waals surface area contributed by atoms with Gasteiger partial charge in [-0.3, -0.25) is 0 Å². The van der Waals surface area contributed by atoms with Crippen LogP contribution in [0.2, 0.25) is 0 Å². The normalized spacial score (nSPS) is 13.1. The molecule has 0 aliphatic heterocycles. The number of hydrogen-bond acceptors (Lipinski definition) is 2. The highest BCUT2D eigenvalue weighted by molar-refractivity contribution is 7.99. The SMILES string of the molecule is CCSCC(N)c1cccc(CC(C)C)c1. The Balaban J connectivity index is 2.65. The predicted octanol–water partition coefficient (Wildman–Crippen LogP) is 3.64. The van der Waals surface area contributed by atoms with Gasteiger partial charge >= 0.3 is 0 Å². The van der Waals surface area contributed by atoms with Gasteiger partial charge < -0.3 is 5.73 Å². The minimum Gasteiger partial charge on any atom is -0.323 e. The molecule has 16 heavy (non-hydrogen) atoms. The van der Waals surface area contributed by atoms with Crippen molar-refractivity contribution in [3.8, 4) is 0 Å². The van der Waals surface area contributed by atoms with Gasteiger partial charge in [-0.2, -0.15) is 11.8 Å². The van der Waals surface area contributed by atoms with Crippen molar-refractivity contribution in [2.75, 3.05) is 11.5 Å². The van der Waals surface area contributed by atoms with Crippen molar-refractivity contribution < 1.29 is 0 Å². The van der Waals surface area contributed by atoms with Gasteiger partial charge in [0.1, 0.15) is 0 Å². The number of thioether (sulfide) groups is 1. The summed E-state index contributed by atoms with van der Waals surface area (Å²) >= 11 is 1.91. The molecule has 1 atom stereocenters. The van der Waals surface area contributed by atoms with Crippen molar-refractivity contribution in [3.05, 3.63) is 35.4 Å². The van der Waals surface area contributed by atoms with Gasteiger partial charge in [0.2, 0.25) is 0 Å². The molecule has 0 fully saturated rings. The Morgan fingerprint density at radius 1 is 1.31 bits per heavy atom. The molecule has 1 unspecified atom stereocenters. The van der Waals surface area contributed by atoms with Crippen LogP contribution in [-0.4, -0.2) is 11.5 Å². The lowest BCUT2D eigenvalue weighted by Gasteiger charge is -2.13. The predicted molar refractivity (Wildman–Crippen MR) is 74.9 cm³/mol. The lowest BCUT2D eigenvalue weighted by molar-refractivity contribution is 0.646. The molecule has 0 heterocycles. The van der Waals surface area contributed by atoms with E-state index in [1.54, 1.807) is 0 Å². The minimum absolute atomic E-state index is 0.178. The highest BCUT2D eigenvalue weighted by atomic mass is 32.2. The molecule has 0 aromatic heterocycles. The molecule has 0 saturated carbocycles. The molecule has 90 valence electrons. The van der Waals surface area contributed by atoms with Crippen molar-refractivity contribution in [1.82, 2.24) is 0 Å². The van der Waals surface area contributed by atoms with Gasteiger partial charge in [-0.25, -0.2) is 0 Å². The molecule has 0 amide bonds. The van der Waals surface area contributed by atoms with Crippen molar-refractivity contribution >= 4 is 11.8 Å². The summed E-state index contributed by atoms with van der Waals surface area (Å²) < 4.78 is 0. The summed E-state index contributed by atoms with van der Waals surface area (Å²) in [6.45, 7) is 6.67. The molecule has 0 saturated heterocycles. The fourth-order valence-corrected chi connectivity index (χ4v) is 2.45. The molecule has 0 spiro atoms. The lowest BCUT2D eigenvalue weighted by Crippen LogP contribution is -2.13. The van der Waals surface area contributed by atoms with E-state index in [1.807, 2.05) is 11.8 Å². The third kappa shape index (κ3) is 4.58. The molecule has 1 nitrogen and oxygen atoms in total. The van der Waals surface area contributed by atoms with Gasteiger partial charge in [0.05, 0.1) is 0 Å². The van der Waals surface area contributed by atoms with Gasteiger partial charge in [-0.05, 0) is 29.2 Å². The number of hydrogen-bond donors (Lipinski definition) is 1. The molecule has 0 aliphatic rings. The van der Waals surface area contributed by atoms with E-state index in [1.165, 1.54) is 11.1 Å². The van der Waals surface area contributed by atoms with Crippen molar-refractivity contribution in [2.45, 2.75) is 33.2 Å². The summed E-state index contributed by atoms with van der Waals surface area (Å²) in [5.41, 5.74) is 8.84. The molecule has 2 N–H and O–H groups in total. The zero-order valence-corrected chi connectivity index (χ0v) is 11.4. The van der Waals surface area contributed by atoms with Crippen molar-refractivity contribution in [2.24, 2.45) is 11.7 Å². The average molecular weight is 237 g/mol. The highest BCUT2D eigenvalue weighted by Crippen LogP contribution is 2.18. The maximum absolute atomic E-state index is 6.16. The second kappa shape index (κ2) is 6.97. The monoisotopic (exact) mass is 237 g/mol. The first-order valence-electron chi connectivity index (χ1n) is 6.05. The molecule has 0 aliphatic carbocycles. The Morgan fingerprint density at radius 2 is 2.06 bits per heavy atom. The van der Waals surface area contributed by atoms with E-state index in [-0.39, 0.29) is 6.04 Å². The van der Waals surface area contributed by atoms with E-state index in [4.69, 9.17) is 5.73 Å². The minimum atomic E-state index is 0.178. The average Bonchev–Trinajstić information content (AvgIpc) is 2.25. The zero-order chi connectivity index (χ0) is 12.0. The Bertz CT molecular complexity index is 309. The Labute approximate surface area is 104 Å². The molecule has 1 rings (SSSR count). The molecule has 0 bridgehead atoms. The van der Waals surface area contributed by atoms with Gasteiger partial charge in [-0.1, -0.05) is 45.0 Å². The topological polar surface area (TPSA) is 26.0 Å². The Kier molecular flexibility index (Phi) is 5.93. The van der Waals surface area contributed by atoms with E-state index < -0.39 is 0 Å². The van der Waals surface area contributed by atoms with Crippen LogP contribution in [0.3, 0.4) is 0 Å². The van der Waals surface area contributed by atoms with Gasteiger partial charge in [0.15, 0.2) is 0 Å². The lowest BCUT2D eigenvalue weighted by atomic mass is 9.99. The smallest absolute Gasteiger partial charge is 0.0386 e. The molecular weight excluding hydrogens is 214 g/mol. The van der Waals surface area contributed by atoms with Gasteiger partial charge in [-0.15, -0.1) is 0 Å². The zero-order valence-electron chi connectivity index (χ0n) is 10.6. The maximum Gasteiger partial charge on any atom is 0.0386 e. The summed E-state index contributed by atoms with van der Waals surface area (Å²) in [4.78, 5) is 0. The number of nitrogens with two attached hydrogens (primary N) is 1. The quantitative estimate of drug-likeness (QED) is 0.817. The van der Waals surface area contributed by atoms with Crippen LogP contribution < -0.4 is 5.73 Å². The van der Waals surface area contributed by atoms with Crippen LogP contribution in [0.4, 0.5) is 0 Å². The third-order valence-corrected chi connectivity index (χ3v) is 3.53. The van der Waals surface area contributed by atoms with E-state index in [0.717, 1.165) is 17.9 Å². The molecule has 1 aromatic carbocycles. The first-order valence-corrected chi connectivity index (χ1v) is 7.21. The van der Waals surface area contributed by atoms with E-state index in [9.17, 15) is 0 Å². The Morgan fingerprint density at radius 3 is 2.69 bits per heavy atom. The molecule has 1 aromatic rings. The first-order chi connectivity index (χ1) is 7.63. The standard InChI is InChI=1S/C14H23NS/c1-4-16-10-14(15)13-7-5-6-12(9-13)8-11(2)3/h5-7,9,11,14H,4,8,10,15H2,1-3H3. The van der Waals surface area contributed by atoms with Crippen LogP contribution in [0, 0.1) is 5.92 Å². The maximum atomic E-state index is 6.16. The summed E-state index contributed by atoms with van der Waals surface area (Å²) in [7, 11) is 0. The summed E-state index contributed by atoms with van der Waals surface area (Å²) in [6.07, 6.45) is 1.14. The molecule has 0 radical (unpaired) electrons. The van der Waals surface area contributed by atoms with Crippen LogP contribution in [-0.2, 0) is 6.42 Å². The number of benzene rings is 1. The van der Waals surface area contributed by atoms with Crippen LogP contribution in [0.15, 0.2) is 24.3 Å². The Hall–Kier alpha value is -0.470. The fourth-order valence-electron chi connectivity index (χ4n) is 1.76. The molecule has 2 heteroatoms. The van der Waals surface area contributed by atoms with E-state index in [0.29, 0.717) is 5.92 Å². The summed E-state index contributed by atoms with van der Waals surface area (Å²) in [5, 5.41) is 0. The van der Waals surface area contributed by atoms with Gasteiger partial charge in [0, 0.05) is 11.8 Å². The van der Waals surface area contributed by atoms with Crippen LogP contribution in [0.1, 0.15) is 37.9 Å². The third-order valence-electron chi connectivity index (χ3n) is 2.52. The van der Waals surface area contributed by atoms with Crippen molar-refractivity contribution in [1.29, 1.82) is 0 Å². The fraction of sp³-hybridized carbons (Fsp3) is 0.571. The van der Waals surface area contributed by atoms with Crippen molar-refractivity contribution in [3.63, 3.8) is 0 Å². The van der Waals surface area contributed by atoms with E-state index >= 15 is 0 Å². The van der Waals surface area contributed by atoms with E-state index in [2.05, 4.69) is 45.0 Å². The summed E-state index contributed by atoms with van der Waals surface area (Å²) in [6, 6.07) is 8.91. The van der Waals surface area contributed by atoms with Crippen LogP contribution in [0.5, 0.6) is 0 Å². The highest BCUT2D eigenvalue weighted by Gasteiger charge is 2.06. The second-order valence-corrected chi connectivity index (χ2v) is 5.93. The van der Waals surface area contributed by atoms with Crippen LogP contribution >= 0.6 is 11.8 Å². The first kappa shape index (κ1) is 13.6. The number of rotatable bonds is 6. The molecular formula is C14H23NS. The largest absolute Gasteiger partial charge is 0.323 e.